The summed E-state index contributed by atoms with van der Waals surface area (Å²) in [5, 5.41) is 13.6. The van der Waals surface area contributed by atoms with E-state index < -0.39 is 5.25 Å². The summed E-state index contributed by atoms with van der Waals surface area (Å²) in [7, 11) is 0. The zero-order valence-electron chi connectivity index (χ0n) is 16.2. The molecule has 0 bridgehead atoms. The van der Waals surface area contributed by atoms with Crippen molar-refractivity contribution in [1.82, 2.24) is 5.32 Å². The normalized spacial score (nSPS) is 17.9. The molecule has 1 unspecified atom stereocenters. The van der Waals surface area contributed by atoms with Gasteiger partial charge in [0.2, 0.25) is 11.8 Å². The molecule has 0 saturated carbocycles. The van der Waals surface area contributed by atoms with Gasteiger partial charge in [0, 0.05) is 12.1 Å². The molecule has 2 amide bonds. The van der Waals surface area contributed by atoms with E-state index in [0.29, 0.717) is 17.5 Å². The maximum absolute atomic E-state index is 12.3. The van der Waals surface area contributed by atoms with Crippen LogP contribution in [0.2, 0.25) is 0 Å². The van der Waals surface area contributed by atoms with E-state index in [9.17, 15) is 9.59 Å². The topological polar surface area (TPSA) is 92.2 Å². The fourth-order valence-corrected chi connectivity index (χ4v) is 3.54. The summed E-state index contributed by atoms with van der Waals surface area (Å²) in [4.78, 5) is 24.4. The van der Waals surface area contributed by atoms with Crippen LogP contribution >= 0.6 is 11.8 Å². The highest BCUT2D eigenvalue weighted by Gasteiger charge is 2.32. The third-order valence-electron chi connectivity index (χ3n) is 4.08. The van der Waals surface area contributed by atoms with E-state index in [1.165, 1.54) is 11.8 Å². The van der Waals surface area contributed by atoms with Crippen molar-refractivity contribution < 1.29 is 14.3 Å². The molecule has 1 heterocycles. The number of nitrogens with zero attached hydrogens (tertiary/aromatic N) is 2. The highest BCUT2D eigenvalue weighted by atomic mass is 32.2. The van der Waals surface area contributed by atoms with Gasteiger partial charge < -0.3 is 15.4 Å². The lowest BCUT2D eigenvalue weighted by Crippen LogP contribution is -2.28. The summed E-state index contributed by atoms with van der Waals surface area (Å²) in [6.45, 7) is 4.34. The Hall–Kier alpha value is -3.13. The molecular weight excluding hydrogens is 388 g/mol. The Morgan fingerprint density at radius 1 is 1.17 bits per heavy atom. The molecule has 3 rings (SSSR count). The second kappa shape index (κ2) is 9.88. The van der Waals surface area contributed by atoms with Gasteiger partial charge >= 0.3 is 0 Å². The Bertz CT molecular complexity index is 927. The van der Waals surface area contributed by atoms with Gasteiger partial charge in [0.05, 0.1) is 12.3 Å². The van der Waals surface area contributed by atoms with Crippen LogP contribution in [-0.2, 0) is 9.59 Å². The van der Waals surface area contributed by atoms with Crippen LogP contribution < -0.4 is 15.4 Å². The smallest absolute Gasteiger partial charge is 0.240 e. The van der Waals surface area contributed by atoms with Crippen LogP contribution in [0.25, 0.3) is 0 Å². The van der Waals surface area contributed by atoms with Crippen LogP contribution in [0.3, 0.4) is 0 Å². The Kier molecular flexibility index (Phi) is 7.02. The van der Waals surface area contributed by atoms with Gasteiger partial charge in [-0.3, -0.25) is 9.59 Å². The maximum Gasteiger partial charge on any atom is 0.240 e. The summed E-state index contributed by atoms with van der Waals surface area (Å²) < 4.78 is 5.37. The second-order valence-corrected chi connectivity index (χ2v) is 7.45. The lowest BCUT2D eigenvalue weighted by molar-refractivity contribution is -0.122. The molecule has 7 nitrogen and oxygen atoms in total. The minimum Gasteiger partial charge on any atom is -0.494 e. The minimum atomic E-state index is -0.538. The van der Waals surface area contributed by atoms with Gasteiger partial charge in [-0.05, 0) is 43.7 Å². The Morgan fingerprint density at radius 3 is 2.59 bits per heavy atom. The summed E-state index contributed by atoms with van der Waals surface area (Å²) in [5.41, 5.74) is 2.35. The Morgan fingerprint density at radius 2 is 1.90 bits per heavy atom. The summed E-state index contributed by atoms with van der Waals surface area (Å²) >= 11 is 1.21. The van der Waals surface area contributed by atoms with E-state index >= 15 is 0 Å². The zero-order valence-corrected chi connectivity index (χ0v) is 17.0. The molecule has 8 heteroatoms. The molecule has 2 aromatic carbocycles. The van der Waals surface area contributed by atoms with E-state index in [-0.39, 0.29) is 18.2 Å². The number of hydrogen-bond donors (Lipinski definition) is 2. The Balaban J connectivity index is 1.55. The molecule has 0 aliphatic carbocycles. The maximum atomic E-state index is 12.3. The van der Waals surface area contributed by atoms with E-state index in [1.807, 2.05) is 44.2 Å². The van der Waals surface area contributed by atoms with Gasteiger partial charge in [-0.25, -0.2) is 0 Å². The van der Waals surface area contributed by atoms with E-state index in [0.717, 1.165) is 17.0 Å². The largest absolute Gasteiger partial charge is 0.494 e. The number of carbonyl (C=O) groups is 2. The van der Waals surface area contributed by atoms with Crippen molar-refractivity contribution in [2.75, 3.05) is 11.9 Å². The van der Waals surface area contributed by atoms with E-state index in [4.69, 9.17) is 4.74 Å². The average Bonchev–Trinajstić information content (AvgIpc) is 3.07. The summed E-state index contributed by atoms with van der Waals surface area (Å²) in [6, 6.07) is 16.7. The first kappa shape index (κ1) is 20.6. The quantitative estimate of drug-likeness (QED) is 0.540. The second-order valence-electron chi connectivity index (χ2n) is 6.26. The fourth-order valence-electron chi connectivity index (χ4n) is 2.63. The van der Waals surface area contributed by atoms with Crippen LogP contribution in [0.1, 0.15) is 25.8 Å². The van der Waals surface area contributed by atoms with E-state index in [2.05, 4.69) is 20.8 Å². The third-order valence-corrected chi connectivity index (χ3v) is 5.15. The van der Waals surface area contributed by atoms with Crippen molar-refractivity contribution in [3.05, 3.63) is 60.2 Å². The number of amides is 2. The monoisotopic (exact) mass is 410 g/mol. The lowest BCUT2D eigenvalue weighted by Gasteiger charge is -2.08. The highest BCUT2D eigenvalue weighted by Crippen LogP contribution is 2.23. The van der Waals surface area contributed by atoms with Gasteiger partial charge in [0.15, 0.2) is 5.17 Å². The van der Waals surface area contributed by atoms with Gasteiger partial charge in [-0.15, -0.1) is 5.10 Å². The molecular formula is C21H22N4O3S. The van der Waals surface area contributed by atoms with Gasteiger partial charge in [0.1, 0.15) is 11.0 Å². The first-order valence-corrected chi connectivity index (χ1v) is 10.1. The highest BCUT2D eigenvalue weighted by molar-refractivity contribution is 8.15. The summed E-state index contributed by atoms with van der Waals surface area (Å²) in [5.74, 6) is 0.249. The van der Waals surface area contributed by atoms with Crippen molar-refractivity contribution in [3.63, 3.8) is 0 Å². The lowest BCUT2D eigenvalue weighted by atomic mass is 10.1. The molecule has 1 fully saturated rings. The number of amidine groups is 1. The molecule has 150 valence electrons. The number of carbonyl (C=O) groups excluding carboxylic acids is 2. The molecule has 0 spiro atoms. The predicted molar refractivity (Wildman–Crippen MR) is 116 cm³/mol. The van der Waals surface area contributed by atoms with Gasteiger partial charge in [0.25, 0.3) is 0 Å². The molecule has 2 N–H and O–H groups in total. The van der Waals surface area contributed by atoms with Crippen molar-refractivity contribution in [2.24, 2.45) is 10.2 Å². The van der Waals surface area contributed by atoms with Crippen molar-refractivity contribution in [2.45, 2.75) is 25.5 Å². The van der Waals surface area contributed by atoms with Crippen LogP contribution in [0.5, 0.6) is 5.75 Å². The number of nitrogens with one attached hydrogen (secondary N) is 2. The molecule has 1 atom stereocenters. The summed E-state index contributed by atoms with van der Waals surface area (Å²) in [6.07, 6.45) is 0.0457. The fraction of sp³-hybridized carbons (Fsp3) is 0.238. The standard InChI is InChI=1S/C21H22N4O3S/c1-3-28-17-11-9-16(10-12-17)22-19(26)13-18-20(27)23-21(29-18)25-24-14(2)15-7-5-4-6-8-15/h4-12,18H,3,13H2,1-2H3,(H,22,26)(H,23,25,27)/b24-14+. The molecule has 29 heavy (non-hydrogen) atoms. The minimum absolute atomic E-state index is 0.0457. The first-order chi connectivity index (χ1) is 14.0. The van der Waals surface area contributed by atoms with Crippen LogP contribution in [-0.4, -0.2) is 34.6 Å². The van der Waals surface area contributed by atoms with Crippen molar-refractivity contribution >= 4 is 40.1 Å². The van der Waals surface area contributed by atoms with Crippen LogP contribution in [0, 0.1) is 0 Å². The first-order valence-electron chi connectivity index (χ1n) is 9.23. The average molecular weight is 410 g/mol. The third kappa shape index (κ3) is 5.92. The Labute approximate surface area is 173 Å². The van der Waals surface area contributed by atoms with Crippen LogP contribution in [0.15, 0.2) is 64.8 Å². The number of benzene rings is 2. The van der Waals surface area contributed by atoms with E-state index in [1.54, 1.807) is 24.3 Å². The molecule has 1 saturated heterocycles. The molecule has 2 aromatic rings. The predicted octanol–water partition coefficient (Wildman–Crippen LogP) is 3.43. The molecule has 0 radical (unpaired) electrons. The van der Waals surface area contributed by atoms with Gasteiger partial charge in [-0.2, -0.15) is 5.10 Å². The van der Waals surface area contributed by atoms with Crippen molar-refractivity contribution in [1.29, 1.82) is 0 Å². The molecule has 1 aliphatic rings. The number of ether oxygens (including phenoxy) is 1. The van der Waals surface area contributed by atoms with Crippen molar-refractivity contribution in [3.8, 4) is 5.75 Å². The van der Waals surface area contributed by atoms with Crippen LogP contribution in [0.4, 0.5) is 5.69 Å². The number of anilines is 1. The number of rotatable bonds is 7. The zero-order chi connectivity index (χ0) is 20.6. The number of hydrogen-bond acceptors (Lipinski definition) is 6. The molecule has 1 aliphatic heterocycles. The number of thioether (sulfide) groups is 1. The molecule has 0 aromatic heterocycles. The SMILES string of the molecule is CCOc1ccc(NC(=O)CC2S/C(=N/N=C(\C)c3ccccc3)NC2=O)cc1. The van der Waals surface area contributed by atoms with Gasteiger partial charge in [-0.1, -0.05) is 42.1 Å².